The van der Waals surface area contributed by atoms with Crippen LogP contribution in [0.1, 0.15) is 90.9 Å². The number of hydrogen-bond donors (Lipinski definition) is 2. The second-order valence-electron chi connectivity index (χ2n) is 10.9. The molecule has 0 saturated heterocycles. The van der Waals surface area contributed by atoms with Crippen molar-refractivity contribution in [1.82, 2.24) is 0 Å². The summed E-state index contributed by atoms with van der Waals surface area (Å²) >= 11 is 5.05. The van der Waals surface area contributed by atoms with E-state index in [9.17, 15) is 5.11 Å². The lowest BCUT2D eigenvalue weighted by atomic mass is 9.55. The number of rotatable bonds is 8. The average molecular weight is 524 g/mol. The molecule has 1 N–H and O–H groups in total. The molecule has 178 valence electrons. The van der Waals surface area contributed by atoms with E-state index in [-0.39, 0.29) is 15.6 Å². The Hall–Kier alpha value is 1.33. The lowest BCUT2D eigenvalue weighted by Gasteiger charge is -2.55. The van der Waals surface area contributed by atoms with Crippen molar-refractivity contribution < 1.29 is 5.11 Å². The summed E-state index contributed by atoms with van der Waals surface area (Å²) in [6.45, 7) is 4.48. The summed E-state index contributed by atoms with van der Waals surface area (Å²) in [6, 6.07) is 0. The molecule has 0 heterocycles. The highest BCUT2D eigenvalue weighted by Gasteiger charge is 2.56. The largest absolute Gasteiger partial charge is 0.393 e. The van der Waals surface area contributed by atoms with Crippen molar-refractivity contribution >= 4 is 55.9 Å². The van der Waals surface area contributed by atoms with Gasteiger partial charge in [-0.05, 0) is 126 Å². The van der Waals surface area contributed by atoms with Crippen molar-refractivity contribution in [2.45, 2.75) is 112 Å². The Labute approximate surface area is 213 Å². The molecule has 0 aromatic rings. The number of fused-ring (bicyclic) bond motifs is 5. The summed E-state index contributed by atoms with van der Waals surface area (Å²) in [7, 11) is 15.8. The quantitative estimate of drug-likeness (QED) is 0.245. The van der Waals surface area contributed by atoms with Crippen LogP contribution in [0.5, 0.6) is 0 Å². The summed E-state index contributed by atoms with van der Waals surface area (Å²) in [5.41, 5.74) is 1.47. The highest BCUT2D eigenvalue weighted by atomic mass is 35.7. The fourth-order valence-electron chi connectivity index (χ4n) is 7.92. The number of thiol groups is 1. The average Bonchev–Trinajstić information content (AvgIpc) is 3.21. The van der Waals surface area contributed by atoms with E-state index in [1.165, 1.54) is 67.9 Å². The second kappa shape index (κ2) is 10.5. The Morgan fingerprint density at radius 3 is 2.68 bits per heavy atom. The number of halogens is 2. The van der Waals surface area contributed by atoms with Crippen molar-refractivity contribution in [3.8, 4) is 0 Å². The maximum absolute atomic E-state index is 10.2. The zero-order chi connectivity index (χ0) is 22.2. The lowest BCUT2D eigenvalue weighted by molar-refractivity contribution is 0.0463. The lowest BCUT2D eigenvalue weighted by Crippen LogP contribution is -2.51. The second-order valence-corrected chi connectivity index (χ2v) is 14.6. The van der Waals surface area contributed by atoms with E-state index in [1.54, 1.807) is 11.0 Å². The molecule has 4 aliphatic rings. The van der Waals surface area contributed by atoms with Gasteiger partial charge < -0.3 is 5.11 Å². The summed E-state index contributed by atoms with van der Waals surface area (Å²) < 4.78 is 0.164. The van der Waals surface area contributed by atoms with E-state index in [0.29, 0.717) is 11.2 Å². The number of hydrogen-bond acceptors (Lipinski definition) is 4. The van der Waals surface area contributed by atoms with Crippen LogP contribution in [0, 0.1) is 29.6 Å². The van der Waals surface area contributed by atoms with Gasteiger partial charge in [-0.3, -0.25) is 0 Å². The van der Waals surface area contributed by atoms with E-state index in [1.807, 2.05) is 0 Å². The molecular weight excluding hydrogens is 483 g/mol. The fraction of sp³-hybridized carbons (Fsp3) is 0.920. The van der Waals surface area contributed by atoms with E-state index in [0.717, 1.165) is 49.4 Å². The zero-order valence-corrected chi connectivity index (χ0v) is 23.1. The Bertz CT molecular complexity index is 661. The van der Waals surface area contributed by atoms with E-state index >= 15 is 0 Å². The van der Waals surface area contributed by atoms with E-state index in [2.05, 4.69) is 19.9 Å². The van der Waals surface area contributed by atoms with Crippen LogP contribution in [0.4, 0.5) is 0 Å². The Morgan fingerprint density at radius 2 is 1.97 bits per heavy atom. The first-order valence-electron chi connectivity index (χ1n) is 12.6. The molecule has 1 nitrogen and oxygen atoms in total. The standard InChI is InChI=1S/C25H40Cl2OS3/c1-3-24(29,16(2)30-26)13-4-5-17-6-8-21-20(17)10-11-23-22(21)9-7-18-15-19(28)12-14-25(18,23)31-27/h7,16-17,19-23,28-29H,3-6,8-15H2,1-2H3/t16?,17?,19?,20?,21?,22?,23?,24-,25?/m0/s1. The third-order valence-electron chi connectivity index (χ3n) is 9.81. The molecule has 0 radical (unpaired) electrons. The third-order valence-corrected chi connectivity index (χ3v) is 14.3. The Morgan fingerprint density at radius 1 is 1.19 bits per heavy atom. The van der Waals surface area contributed by atoms with Crippen molar-refractivity contribution in [2.75, 3.05) is 0 Å². The Balaban J connectivity index is 1.40. The van der Waals surface area contributed by atoms with Gasteiger partial charge in [0.2, 0.25) is 0 Å². The van der Waals surface area contributed by atoms with Crippen LogP contribution in [0.3, 0.4) is 0 Å². The molecule has 4 rings (SSSR count). The van der Waals surface area contributed by atoms with Gasteiger partial charge in [-0.1, -0.05) is 49.3 Å². The topological polar surface area (TPSA) is 20.2 Å². The molecule has 6 heteroatoms. The van der Waals surface area contributed by atoms with Gasteiger partial charge in [0.05, 0.1) is 10.9 Å². The van der Waals surface area contributed by atoms with Crippen molar-refractivity contribution in [3.63, 3.8) is 0 Å². The van der Waals surface area contributed by atoms with Crippen molar-refractivity contribution in [1.29, 1.82) is 0 Å². The minimum absolute atomic E-state index is 0.0577. The predicted octanol–water partition coefficient (Wildman–Crippen LogP) is 8.68. The van der Waals surface area contributed by atoms with Crippen LogP contribution in [-0.4, -0.2) is 26.0 Å². The van der Waals surface area contributed by atoms with Crippen LogP contribution in [0.15, 0.2) is 11.6 Å². The molecule has 0 amide bonds. The van der Waals surface area contributed by atoms with Gasteiger partial charge in [0.25, 0.3) is 0 Å². The van der Waals surface area contributed by atoms with Crippen molar-refractivity contribution in [3.05, 3.63) is 11.6 Å². The van der Waals surface area contributed by atoms with Crippen molar-refractivity contribution in [2.24, 2.45) is 29.6 Å². The first kappa shape index (κ1) is 25.4. The minimum Gasteiger partial charge on any atom is -0.393 e. The van der Waals surface area contributed by atoms with Gasteiger partial charge in [0, 0.05) is 10.00 Å². The summed E-state index contributed by atoms with van der Waals surface area (Å²) in [5.74, 6) is 4.23. The molecule has 0 spiro atoms. The maximum atomic E-state index is 10.2. The highest BCUT2D eigenvalue weighted by molar-refractivity contribution is 8.22. The Kier molecular flexibility index (Phi) is 8.63. The highest BCUT2D eigenvalue weighted by Crippen LogP contribution is 2.63. The molecule has 8 unspecified atom stereocenters. The molecule has 31 heavy (non-hydrogen) atoms. The summed E-state index contributed by atoms with van der Waals surface area (Å²) in [6.07, 6.45) is 16.8. The predicted molar refractivity (Wildman–Crippen MR) is 143 cm³/mol. The smallest absolute Gasteiger partial charge is 0.0578 e. The van der Waals surface area contributed by atoms with Crippen LogP contribution in [-0.2, 0) is 0 Å². The summed E-state index contributed by atoms with van der Waals surface area (Å²) in [5, 5.41) is 10.6. The molecule has 9 atom stereocenters. The molecule has 4 aliphatic carbocycles. The molecule has 0 aliphatic heterocycles. The van der Waals surface area contributed by atoms with E-state index in [4.69, 9.17) is 34.0 Å². The fourth-order valence-corrected chi connectivity index (χ4v) is 11.1. The first-order chi connectivity index (χ1) is 14.9. The molecular formula is C25H40Cl2OS3. The van der Waals surface area contributed by atoms with Gasteiger partial charge in [-0.2, -0.15) is 12.6 Å². The normalized spacial score (nSPS) is 42.7. The molecule has 0 aromatic carbocycles. The number of aliphatic hydroxyl groups is 1. The van der Waals surface area contributed by atoms with Gasteiger partial charge >= 0.3 is 0 Å². The molecule has 3 saturated carbocycles. The maximum Gasteiger partial charge on any atom is 0.0578 e. The van der Waals surface area contributed by atoms with Gasteiger partial charge in [0.1, 0.15) is 0 Å². The monoisotopic (exact) mass is 522 g/mol. The first-order valence-corrected chi connectivity index (χ1v) is 16.3. The molecule has 0 bridgehead atoms. The van der Waals surface area contributed by atoms with Gasteiger partial charge in [0.15, 0.2) is 0 Å². The van der Waals surface area contributed by atoms with Crippen LogP contribution in [0.25, 0.3) is 0 Å². The summed E-state index contributed by atoms with van der Waals surface area (Å²) in [4.78, 5) is 0. The SMILES string of the molecule is CC[C@](S)(CCCC1CCC2C1CCC1C2CC=C2CC(O)CCC21SCl)C(C)SCl. The number of allylic oxidation sites excluding steroid dienone is 1. The van der Waals surface area contributed by atoms with Gasteiger partial charge in [-0.15, -0.1) is 0 Å². The third kappa shape index (κ3) is 4.75. The number of aliphatic hydroxyl groups excluding tert-OH is 1. The van der Waals surface area contributed by atoms with Crippen LogP contribution < -0.4 is 0 Å². The molecule has 3 fully saturated rings. The van der Waals surface area contributed by atoms with Gasteiger partial charge in [-0.25, -0.2) is 0 Å². The zero-order valence-electron chi connectivity index (χ0n) is 19.1. The van der Waals surface area contributed by atoms with Crippen LogP contribution >= 0.6 is 55.9 Å². The molecule has 0 aromatic heterocycles. The van der Waals surface area contributed by atoms with Crippen LogP contribution in [0.2, 0.25) is 0 Å². The van der Waals surface area contributed by atoms with E-state index < -0.39 is 0 Å². The minimum atomic E-state index is -0.158.